The van der Waals surface area contributed by atoms with Gasteiger partial charge in [0.2, 0.25) is 6.79 Å². The Labute approximate surface area is 189 Å². The number of carbonyl (C=O) groups is 2. The van der Waals surface area contributed by atoms with E-state index in [1.54, 1.807) is 67.6 Å². The summed E-state index contributed by atoms with van der Waals surface area (Å²) in [6.07, 6.45) is 1.51. The lowest BCUT2D eigenvalue weighted by Gasteiger charge is -2.10. The molecule has 166 valence electrons. The Morgan fingerprint density at radius 1 is 0.939 bits per heavy atom. The van der Waals surface area contributed by atoms with Crippen LogP contribution in [0.1, 0.15) is 28.4 Å². The number of fused-ring (bicyclic) bond motifs is 1. The lowest BCUT2D eigenvalue weighted by atomic mass is 10.1. The van der Waals surface area contributed by atoms with Crippen molar-refractivity contribution in [1.29, 1.82) is 0 Å². The van der Waals surface area contributed by atoms with Crippen molar-refractivity contribution in [1.82, 2.24) is 10.7 Å². The molecule has 0 unspecified atom stereocenters. The number of carbonyl (C=O) groups excluding carboxylic acids is 2. The second-order valence-corrected chi connectivity index (χ2v) is 7.14. The molecule has 7 nitrogen and oxygen atoms in total. The zero-order valence-electron chi connectivity index (χ0n) is 17.7. The minimum atomic E-state index is -0.626. The van der Waals surface area contributed by atoms with Crippen molar-refractivity contribution in [2.45, 2.75) is 6.92 Å². The monoisotopic (exact) mass is 445 g/mol. The fourth-order valence-electron chi connectivity index (χ4n) is 3.06. The highest BCUT2D eigenvalue weighted by atomic mass is 19.1. The number of hydrogen-bond acceptors (Lipinski definition) is 5. The van der Waals surface area contributed by atoms with Gasteiger partial charge >= 0.3 is 0 Å². The topological polar surface area (TPSA) is 89.0 Å². The molecule has 1 heterocycles. The van der Waals surface area contributed by atoms with Crippen LogP contribution in [0.4, 0.5) is 4.39 Å². The van der Waals surface area contributed by atoms with Crippen molar-refractivity contribution in [3.8, 4) is 11.5 Å². The Bertz CT molecular complexity index is 1240. The molecular formula is C25H20FN3O4. The molecular weight excluding hydrogens is 425 g/mol. The predicted molar refractivity (Wildman–Crippen MR) is 121 cm³/mol. The Balaban J connectivity index is 1.58. The Hall–Kier alpha value is -4.46. The second kappa shape index (κ2) is 9.78. The number of amides is 2. The first-order valence-electron chi connectivity index (χ1n) is 10.1. The molecule has 0 aromatic heterocycles. The van der Waals surface area contributed by atoms with Gasteiger partial charge in [-0.25, -0.2) is 9.82 Å². The zero-order chi connectivity index (χ0) is 23.2. The number of ether oxygens (including phenoxy) is 2. The summed E-state index contributed by atoms with van der Waals surface area (Å²) < 4.78 is 23.8. The maximum atomic E-state index is 13.1. The highest BCUT2D eigenvalue weighted by molar-refractivity contribution is 6.06. The van der Waals surface area contributed by atoms with E-state index < -0.39 is 11.8 Å². The predicted octanol–water partition coefficient (Wildman–Crippen LogP) is 3.87. The summed E-state index contributed by atoms with van der Waals surface area (Å²) in [6, 6.07) is 19.4. The third-order valence-electron chi connectivity index (χ3n) is 4.82. The molecule has 3 aromatic carbocycles. The van der Waals surface area contributed by atoms with Gasteiger partial charge in [-0.2, -0.15) is 5.10 Å². The number of hydrazone groups is 1. The largest absolute Gasteiger partial charge is 0.454 e. The van der Waals surface area contributed by atoms with Gasteiger partial charge in [0.25, 0.3) is 11.8 Å². The van der Waals surface area contributed by atoms with Crippen molar-refractivity contribution < 1.29 is 23.5 Å². The van der Waals surface area contributed by atoms with Crippen molar-refractivity contribution in [3.05, 3.63) is 101 Å². The van der Waals surface area contributed by atoms with Gasteiger partial charge in [-0.05, 0) is 60.5 Å². The first kappa shape index (κ1) is 21.8. The summed E-state index contributed by atoms with van der Waals surface area (Å²) in [5.41, 5.74) is 4.56. The molecule has 0 spiro atoms. The summed E-state index contributed by atoms with van der Waals surface area (Å²) in [6.45, 7) is 1.80. The van der Waals surface area contributed by atoms with E-state index in [1.807, 2.05) is 0 Å². The summed E-state index contributed by atoms with van der Waals surface area (Å²) in [7, 11) is 0. The lowest BCUT2D eigenvalue weighted by molar-refractivity contribution is -0.117. The molecule has 3 aromatic rings. The van der Waals surface area contributed by atoms with Gasteiger partial charge in [0.05, 0.1) is 5.71 Å². The lowest BCUT2D eigenvalue weighted by Crippen LogP contribution is -2.33. The molecule has 0 bridgehead atoms. The number of nitrogens with zero attached hydrogens (tertiary/aromatic N) is 1. The average Bonchev–Trinajstić information content (AvgIpc) is 3.31. The maximum Gasteiger partial charge on any atom is 0.287 e. The standard InChI is InChI=1S/C25H20FN3O4/c1-16(18-8-10-20(26)11-9-18)28-29-25(31)21(27-24(30)19-5-3-2-4-6-19)13-17-7-12-22-23(14-17)33-15-32-22/h2-14H,15H2,1H3,(H,27,30)(H,29,31)/b21-13+,28-16+. The van der Waals surface area contributed by atoms with E-state index in [-0.39, 0.29) is 18.3 Å². The molecule has 0 saturated heterocycles. The second-order valence-electron chi connectivity index (χ2n) is 7.14. The Morgan fingerprint density at radius 2 is 1.67 bits per heavy atom. The van der Waals surface area contributed by atoms with E-state index >= 15 is 0 Å². The molecule has 2 N–H and O–H groups in total. The van der Waals surface area contributed by atoms with Crippen LogP contribution < -0.4 is 20.2 Å². The molecule has 2 amide bonds. The fourth-order valence-corrected chi connectivity index (χ4v) is 3.06. The highest BCUT2D eigenvalue weighted by Gasteiger charge is 2.17. The summed E-state index contributed by atoms with van der Waals surface area (Å²) in [5, 5.41) is 6.72. The Kier molecular flexibility index (Phi) is 6.45. The molecule has 8 heteroatoms. The molecule has 0 radical (unpaired) electrons. The van der Waals surface area contributed by atoms with Gasteiger partial charge in [-0.3, -0.25) is 9.59 Å². The highest BCUT2D eigenvalue weighted by Crippen LogP contribution is 2.33. The van der Waals surface area contributed by atoms with Crippen LogP contribution in [0.25, 0.3) is 6.08 Å². The SMILES string of the molecule is C/C(=N\NC(=O)/C(=C\c1ccc2c(c1)OCO2)NC(=O)c1ccccc1)c1ccc(F)cc1. The van der Waals surface area contributed by atoms with Crippen molar-refractivity contribution >= 4 is 23.6 Å². The van der Waals surface area contributed by atoms with Gasteiger partial charge in [0, 0.05) is 5.56 Å². The van der Waals surface area contributed by atoms with Crippen LogP contribution in [0.2, 0.25) is 0 Å². The van der Waals surface area contributed by atoms with E-state index in [0.717, 1.165) is 0 Å². The minimum Gasteiger partial charge on any atom is -0.454 e. The molecule has 4 rings (SSSR count). The molecule has 1 aliphatic heterocycles. The van der Waals surface area contributed by atoms with Crippen LogP contribution in [0.3, 0.4) is 0 Å². The van der Waals surface area contributed by atoms with E-state index in [4.69, 9.17) is 9.47 Å². The quantitative estimate of drug-likeness (QED) is 0.343. The molecule has 0 atom stereocenters. The van der Waals surface area contributed by atoms with E-state index in [9.17, 15) is 14.0 Å². The number of benzene rings is 3. The van der Waals surface area contributed by atoms with Crippen molar-refractivity contribution in [3.63, 3.8) is 0 Å². The normalized spacial score (nSPS) is 12.9. The molecule has 0 aliphatic carbocycles. The van der Waals surface area contributed by atoms with E-state index in [2.05, 4.69) is 15.8 Å². The number of hydrogen-bond donors (Lipinski definition) is 2. The van der Waals surface area contributed by atoms with Crippen LogP contribution >= 0.6 is 0 Å². The molecule has 0 fully saturated rings. The molecule has 0 saturated carbocycles. The number of halogens is 1. The van der Waals surface area contributed by atoms with Gasteiger partial charge in [0.15, 0.2) is 11.5 Å². The van der Waals surface area contributed by atoms with E-state index in [1.165, 1.54) is 18.2 Å². The number of rotatable bonds is 6. The summed E-state index contributed by atoms with van der Waals surface area (Å²) in [5.74, 6) is -0.294. The van der Waals surface area contributed by atoms with Crippen LogP contribution in [-0.2, 0) is 4.79 Å². The van der Waals surface area contributed by atoms with Gasteiger partial charge in [-0.1, -0.05) is 36.4 Å². The van der Waals surface area contributed by atoms with Crippen molar-refractivity contribution in [2.24, 2.45) is 5.10 Å². The third kappa shape index (κ3) is 5.43. The van der Waals surface area contributed by atoms with Crippen LogP contribution in [0.15, 0.2) is 83.6 Å². The zero-order valence-corrected chi connectivity index (χ0v) is 17.7. The van der Waals surface area contributed by atoms with E-state index in [0.29, 0.717) is 33.9 Å². The first-order valence-corrected chi connectivity index (χ1v) is 10.1. The number of nitrogens with one attached hydrogen (secondary N) is 2. The molecule has 1 aliphatic rings. The van der Waals surface area contributed by atoms with Crippen LogP contribution in [0.5, 0.6) is 11.5 Å². The average molecular weight is 445 g/mol. The summed E-state index contributed by atoms with van der Waals surface area (Å²) >= 11 is 0. The van der Waals surface area contributed by atoms with Gasteiger partial charge in [0.1, 0.15) is 11.5 Å². The van der Waals surface area contributed by atoms with Gasteiger partial charge < -0.3 is 14.8 Å². The van der Waals surface area contributed by atoms with Crippen LogP contribution in [0, 0.1) is 5.82 Å². The van der Waals surface area contributed by atoms with Gasteiger partial charge in [-0.15, -0.1) is 0 Å². The fraction of sp³-hybridized carbons (Fsp3) is 0.0800. The maximum absolute atomic E-state index is 13.1. The van der Waals surface area contributed by atoms with Crippen molar-refractivity contribution in [2.75, 3.05) is 6.79 Å². The van der Waals surface area contributed by atoms with Crippen LogP contribution in [-0.4, -0.2) is 24.3 Å². The Morgan fingerprint density at radius 3 is 2.42 bits per heavy atom. The summed E-state index contributed by atoms with van der Waals surface area (Å²) in [4.78, 5) is 25.6. The molecule has 33 heavy (non-hydrogen) atoms. The third-order valence-corrected chi connectivity index (χ3v) is 4.82. The first-order chi connectivity index (χ1) is 16.0. The smallest absolute Gasteiger partial charge is 0.287 e. The minimum absolute atomic E-state index is 0.0154.